The Morgan fingerprint density at radius 2 is 2.42 bits per heavy atom. The Hall–Kier alpha value is -0.120. The summed E-state index contributed by atoms with van der Waals surface area (Å²) in [6.45, 7) is 4.30. The van der Waals surface area contributed by atoms with Crippen LogP contribution in [0.1, 0.15) is 19.8 Å². The Morgan fingerprint density at radius 1 is 1.67 bits per heavy atom. The molecule has 0 radical (unpaired) electrons. The average Bonchev–Trinajstić information content (AvgIpc) is 2.51. The van der Waals surface area contributed by atoms with E-state index in [1.54, 1.807) is 7.11 Å². The van der Waals surface area contributed by atoms with E-state index >= 15 is 0 Å². The number of hydrogen-bond donors (Lipinski definition) is 1. The van der Waals surface area contributed by atoms with E-state index in [0.717, 1.165) is 19.6 Å². The molecule has 1 saturated heterocycles. The summed E-state index contributed by atoms with van der Waals surface area (Å²) in [6, 6.07) is 0.810. The van der Waals surface area contributed by atoms with Gasteiger partial charge in [0.25, 0.3) is 0 Å². The Labute approximate surface area is 74.3 Å². The fourth-order valence-electron chi connectivity index (χ4n) is 1.97. The van der Waals surface area contributed by atoms with E-state index in [9.17, 15) is 0 Å². The van der Waals surface area contributed by atoms with Crippen LogP contribution >= 0.6 is 0 Å². The summed E-state index contributed by atoms with van der Waals surface area (Å²) in [7, 11) is 1.72. The zero-order valence-electron chi connectivity index (χ0n) is 7.99. The second-order valence-electron chi connectivity index (χ2n) is 3.52. The number of hydrogen-bond acceptors (Lipinski definition) is 3. The Kier molecular flexibility index (Phi) is 3.98. The van der Waals surface area contributed by atoms with Gasteiger partial charge in [0.1, 0.15) is 0 Å². The molecule has 0 aromatic heterocycles. The highest BCUT2D eigenvalue weighted by Gasteiger charge is 2.27. The first-order valence-corrected chi connectivity index (χ1v) is 4.65. The molecule has 72 valence electrons. The topological polar surface area (TPSA) is 32.7 Å². The highest BCUT2D eigenvalue weighted by molar-refractivity contribution is 4.82. The summed E-state index contributed by atoms with van der Waals surface area (Å²) in [4.78, 5) is 2.34. The maximum atomic E-state index is 9.07. The van der Waals surface area contributed by atoms with Crippen molar-refractivity contribution in [2.45, 2.75) is 31.8 Å². The minimum atomic E-state index is 0.286. The molecule has 0 aromatic rings. The molecular weight excluding hydrogens is 154 g/mol. The van der Waals surface area contributed by atoms with E-state index in [4.69, 9.17) is 9.84 Å². The summed E-state index contributed by atoms with van der Waals surface area (Å²) in [5.74, 6) is 0. The van der Waals surface area contributed by atoms with Crippen molar-refractivity contribution in [1.82, 2.24) is 4.90 Å². The molecule has 1 aliphatic heterocycles. The Morgan fingerprint density at radius 3 is 3.00 bits per heavy atom. The lowest BCUT2D eigenvalue weighted by molar-refractivity contribution is 0.0697. The molecule has 1 rings (SSSR count). The van der Waals surface area contributed by atoms with E-state index in [1.807, 2.05) is 0 Å². The van der Waals surface area contributed by atoms with Crippen molar-refractivity contribution < 1.29 is 9.84 Å². The number of ether oxygens (including phenoxy) is 1. The van der Waals surface area contributed by atoms with Crippen molar-refractivity contribution in [1.29, 1.82) is 0 Å². The molecule has 12 heavy (non-hydrogen) atoms. The molecular formula is C9H19NO2. The second-order valence-corrected chi connectivity index (χ2v) is 3.52. The molecule has 0 bridgehead atoms. The number of methoxy groups -OCH3 is 1. The fraction of sp³-hybridized carbons (Fsp3) is 1.00. The first kappa shape index (κ1) is 9.96. The van der Waals surface area contributed by atoms with Crippen LogP contribution in [0.4, 0.5) is 0 Å². The van der Waals surface area contributed by atoms with Crippen molar-refractivity contribution >= 4 is 0 Å². The standard InChI is InChI=1S/C9H19NO2/c1-8(7-12-2)10-5-3-4-9(10)6-11/h8-9,11H,3-7H2,1-2H3/t8?,9-/m1/s1. The van der Waals surface area contributed by atoms with Crippen LogP contribution < -0.4 is 0 Å². The van der Waals surface area contributed by atoms with Gasteiger partial charge < -0.3 is 9.84 Å². The molecule has 0 spiro atoms. The average molecular weight is 173 g/mol. The molecule has 1 fully saturated rings. The van der Waals surface area contributed by atoms with Crippen molar-refractivity contribution in [3.8, 4) is 0 Å². The van der Waals surface area contributed by atoms with Gasteiger partial charge in [-0.25, -0.2) is 0 Å². The SMILES string of the molecule is COCC(C)N1CCC[C@@H]1CO. The third kappa shape index (κ3) is 2.19. The van der Waals surface area contributed by atoms with Crippen molar-refractivity contribution in [3.05, 3.63) is 0 Å². The van der Waals surface area contributed by atoms with Crippen LogP contribution in [-0.2, 0) is 4.74 Å². The quantitative estimate of drug-likeness (QED) is 0.671. The lowest BCUT2D eigenvalue weighted by atomic mass is 10.2. The molecule has 1 N–H and O–H groups in total. The minimum Gasteiger partial charge on any atom is -0.395 e. The van der Waals surface area contributed by atoms with E-state index in [2.05, 4.69) is 11.8 Å². The number of nitrogens with zero attached hydrogens (tertiary/aromatic N) is 1. The van der Waals surface area contributed by atoms with Gasteiger partial charge in [0.05, 0.1) is 13.2 Å². The van der Waals surface area contributed by atoms with Gasteiger partial charge in [0.15, 0.2) is 0 Å². The predicted octanol–water partition coefficient (Wildman–Crippen LogP) is 0.478. The predicted molar refractivity (Wildman–Crippen MR) is 48.2 cm³/mol. The van der Waals surface area contributed by atoms with Crippen LogP contribution in [0.2, 0.25) is 0 Å². The molecule has 2 atom stereocenters. The van der Waals surface area contributed by atoms with E-state index in [1.165, 1.54) is 6.42 Å². The molecule has 1 aliphatic rings. The molecule has 0 aliphatic carbocycles. The minimum absolute atomic E-state index is 0.286. The van der Waals surface area contributed by atoms with Gasteiger partial charge in [-0.3, -0.25) is 4.90 Å². The van der Waals surface area contributed by atoms with Crippen LogP contribution in [-0.4, -0.2) is 49.0 Å². The largest absolute Gasteiger partial charge is 0.395 e. The maximum Gasteiger partial charge on any atom is 0.0615 e. The first-order valence-electron chi connectivity index (χ1n) is 4.65. The highest BCUT2D eigenvalue weighted by Crippen LogP contribution is 2.19. The van der Waals surface area contributed by atoms with Gasteiger partial charge in [-0.2, -0.15) is 0 Å². The second kappa shape index (κ2) is 4.80. The highest BCUT2D eigenvalue weighted by atomic mass is 16.5. The zero-order valence-corrected chi connectivity index (χ0v) is 7.99. The van der Waals surface area contributed by atoms with Crippen molar-refractivity contribution in [2.75, 3.05) is 26.9 Å². The first-order chi connectivity index (χ1) is 5.79. The van der Waals surface area contributed by atoms with E-state index < -0.39 is 0 Å². The lowest BCUT2D eigenvalue weighted by Gasteiger charge is -2.28. The summed E-state index contributed by atoms with van der Waals surface area (Å²) in [5.41, 5.74) is 0. The van der Waals surface area contributed by atoms with Crippen LogP contribution in [0.25, 0.3) is 0 Å². The van der Waals surface area contributed by atoms with Crippen molar-refractivity contribution in [3.63, 3.8) is 0 Å². The third-order valence-electron chi connectivity index (χ3n) is 2.61. The van der Waals surface area contributed by atoms with Crippen LogP contribution in [0.3, 0.4) is 0 Å². The third-order valence-corrected chi connectivity index (χ3v) is 2.61. The molecule has 0 saturated carbocycles. The summed E-state index contributed by atoms with van der Waals surface area (Å²) in [5, 5.41) is 9.07. The van der Waals surface area contributed by atoms with Gasteiger partial charge in [-0.1, -0.05) is 0 Å². The summed E-state index contributed by atoms with van der Waals surface area (Å²) in [6.07, 6.45) is 2.34. The van der Waals surface area contributed by atoms with Crippen molar-refractivity contribution in [2.24, 2.45) is 0 Å². The molecule has 0 amide bonds. The number of rotatable bonds is 4. The van der Waals surface area contributed by atoms with Gasteiger partial charge in [0.2, 0.25) is 0 Å². The van der Waals surface area contributed by atoms with Gasteiger partial charge in [-0.05, 0) is 26.3 Å². The smallest absolute Gasteiger partial charge is 0.0615 e. The van der Waals surface area contributed by atoms with Gasteiger partial charge >= 0.3 is 0 Å². The fourth-order valence-corrected chi connectivity index (χ4v) is 1.97. The monoisotopic (exact) mass is 173 g/mol. The van der Waals surface area contributed by atoms with Crippen LogP contribution in [0, 0.1) is 0 Å². The van der Waals surface area contributed by atoms with E-state index in [-0.39, 0.29) is 6.61 Å². The Balaban J connectivity index is 2.38. The zero-order chi connectivity index (χ0) is 8.97. The lowest BCUT2D eigenvalue weighted by Crippen LogP contribution is -2.41. The summed E-state index contributed by atoms with van der Waals surface area (Å²) >= 11 is 0. The number of likely N-dealkylation sites (tertiary alicyclic amines) is 1. The van der Waals surface area contributed by atoms with Crippen LogP contribution in [0.15, 0.2) is 0 Å². The van der Waals surface area contributed by atoms with E-state index in [0.29, 0.717) is 12.1 Å². The molecule has 1 heterocycles. The normalized spacial score (nSPS) is 27.8. The number of aliphatic hydroxyl groups is 1. The molecule has 3 nitrogen and oxygen atoms in total. The molecule has 3 heteroatoms. The molecule has 0 aromatic carbocycles. The number of aliphatic hydroxyl groups excluding tert-OH is 1. The van der Waals surface area contributed by atoms with Gasteiger partial charge in [-0.15, -0.1) is 0 Å². The van der Waals surface area contributed by atoms with Gasteiger partial charge in [0, 0.05) is 19.2 Å². The summed E-state index contributed by atoms with van der Waals surface area (Å²) < 4.78 is 5.09. The molecule has 1 unspecified atom stereocenters. The maximum absolute atomic E-state index is 9.07. The Bertz CT molecular complexity index is 130. The van der Waals surface area contributed by atoms with Crippen LogP contribution in [0.5, 0.6) is 0 Å².